The second kappa shape index (κ2) is 10.5. The lowest BCUT2D eigenvalue weighted by molar-refractivity contribution is -0.194. The van der Waals surface area contributed by atoms with Crippen LogP contribution >= 0.6 is 11.6 Å². The Morgan fingerprint density at radius 3 is 2.81 bits per heavy atom. The lowest BCUT2D eigenvalue weighted by Crippen LogP contribution is -2.70. The van der Waals surface area contributed by atoms with Crippen LogP contribution in [0.5, 0.6) is 0 Å². The average Bonchev–Trinajstić information content (AvgIpc) is 2.83. The summed E-state index contributed by atoms with van der Waals surface area (Å²) < 4.78 is 29.8. The molecule has 1 aromatic heterocycles. The summed E-state index contributed by atoms with van der Waals surface area (Å²) in [7, 11) is 0. The Bertz CT molecular complexity index is 1070. The minimum absolute atomic E-state index is 0.0823. The van der Waals surface area contributed by atoms with Gasteiger partial charge in [-0.2, -0.15) is 5.26 Å². The second-order valence-corrected chi connectivity index (χ2v) is 10.2. The first-order chi connectivity index (χ1) is 17.1. The minimum atomic E-state index is -3.11. The Morgan fingerprint density at radius 2 is 2.14 bits per heavy atom. The van der Waals surface area contributed by atoms with Crippen LogP contribution in [0.1, 0.15) is 45.4 Å². The van der Waals surface area contributed by atoms with E-state index < -0.39 is 60.2 Å². The maximum absolute atomic E-state index is 14.9. The van der Waals surface area contributed by atoms with E-state index >= 15 is 0 Å². The summed E-state index contributed by atoms with van der Waals surface area (Å²) in [5, 5.41) is 18.3. The van der Waals surface area contributed by atoms with E-state index in [1.165, 1.54) is 17.3 Å². The zero-order valence-corrected chi connectivity index (χ0v) is 20.6. The Morgan fingerprint density at radius 1 is 1.36 bits per heavy atom. The van der Waals surface area contributed by atoms with Crippen LogP contribution in [-0.4, -0.2) is 64.2 Å². The molecule has 3 aliphatic heterocycles. The van der Waals surface area contributed by atoms with Gasteiger partial charge in [0.25, 0.3) is 5.92 Å². The highest BCUT2D eigenvalue weighted by Gasteiger charge is 2.60. The summed E-state index contributed by atoms with van der Waals surface area (Å²) in [6.07, 6.45) is 4.30. The van der Waals surface area contributed by atoms with Crippen molar-refractivity contribution >= 4 is 35.0 Å². The molecule has 4 fully saturated rings. The van der Waals surface area contributed by atoms with Crippen LogP contribution in [0.15, 0.2) is 18.5 Å². The smallest absolute Gasteiger partial charge is 0.255 e. The number of amides is 3. The van der Waals surface area contributed by atoms with Gasteiger partial charge in [-0.05, 0) is 45.1 Å². The number of pyridine rings is 1. The molecule has 4 aliphatic rings. The molecule has 36 heavy (non-hydrogen) atoms. The van der Waals surface area contributed by atoms with Gasteiger partial charge in [-0.3, -0.25) is 19.4 Å². The first-order valence-electron chi connectivity index (χ1n) is 12.2. The number of piperidine rings is 3. The first kappa shape index (κ1) is 26.1. The number of alkyl halides is 2. The summed E-state index contributed by atoms with van der Waals surface area (Å²) >= 11 is 5.96. The molecule has 12 heteroatoms. The van der Waals surface area contributed by atoms with Crippen molar-refractivity contribution in [3.63, 3.8) is 0 Å². The Kier molecular flexibility index (Phi) is 7.64. The summed E-state index contributed by atoms with van der Waals surface area (Å²) in [6, 6.07) is -0.547. The molecular formula is C24H29ClF2N6O3. The maximum Gasteiger partial charge on any atom is 0.255 e. The summed E-state index contributed by atoms with van der Waals surface area (Å²) in [5.74, 6) is -6.39. The maximum atomic E-state index is 14.9. The molecule has 3 N–H and O–H groups in total. The van der Waals surface area contributed by atoms with Crippen molar-refractivity contribution in [1.29, 1.82) is 5.26 Å². The van der Waals surface area contributed by atoms with Crippen LogP contribution in [0, 0.1) is 23.2 Å². The van der Waals surface area contributed by atoms with Crippen LogP contribution in [0.25, 0.3) is 0 Å². The number of nitrogens with zero attached hydrogens (tertiary/aromatic N) is 3. The van der Waals surface area contributed by atoms with Crippen molar-refractivity contribution in [3.8, 4) is 6.07 Å². The van der Waals surface area contributed by atoms with Crippen LogP contribution in [0.2, 0.25) is 5.02 Å². The molecule has 0 unspecified atom stereocenters. The lowest BCUT2D eigenvalue weighted by Gasteiger charge is -2.54. The number of carbonyl (C=O) groups is 3. The number of anilines is 1. The molecule has 5 rings (SSSR count). The van der Waals surface area contributed by atoms with Crippen molar-refractivity contribution in [3.05, 3.63) is 23.5 Å². The van der Waals surface area contributed by atoms with Crippen molar-refractivity contribution in [2.75, 3.05) is 11.9 Å². The Labute approximate surface area is 212 Å². The third kappa shape index (κ3) is 5.38. The van der Waals surface area contributed by atoms with E-state index in [1.807, 2.05) is 6.07 Å². The Balaban J connectivity index is 1.52. The molecule has 1 aliphatic carbocycles. The molecule has 0 radical (unpaired) electrons. The molecule has 3 amide bonds. The van der Waals surface area contributed by atoms with Crippen LogP contribution in [0.4, 0.5) is 14.5 Å². The number of hydrogen-bond acceptors (Lipinski definition) is 6. The highest BCUT2D eigenvalue weighted by molar-refractivity contribution is 6.30. The Hall–Kier alpha value is -3.00. The third-order valence-corrected chi connectivity index (χ3v) is 7.52. The highest BCUT2D eigenvalue weighted by Crippen LogP contribution is 2.49. The van der Waals surface area contributed by atoms with Gasteiger partial charge in [0.15, 0.2) is 0 Å². The van der Waals surface area contributed by atoms with Gasteiger partial charge in [-0.25, -0.2) is 8.78 Å². The SMILES string of the molecule is C[C@@H](Nc1cncc(Cl)c1)C(=O)N1[C@H]2CC[C@@H]([C@@H]1C(=O)N[C@H](C#N)C[C@H]1CCCNC1=O)C(F)(F)C2. The molecule has 6 atom stereocenters. The third-order valence-electron chi connectivity index (χ3n) is 7.31. The molecular weight excluding hydrogens is 494 g/mol. The molecule has 1 aromatic rings. The number of nitrogens with one attached hydrogen (secondary N) is 3. The van der Waals surface area contributed by atoms with Gasteiger partial charge < -0.3 is 20.9 Å². The normalized spacial score (nSPS) is 28.4. The quantitative estimate of drug-likeness (QED) is 0.505. The zero-order valence-electron chi connectivity index (χ0n) is 19.8. The fourth-order valence-electron chi connectivity index (χ4n) is 5.60. The van der Waals surface area contributed by atoms with E-state index in [0.29, 0.717) is 30.1 Å². The molecule has 9 nitrogen and oxygen atoms in total. The number of rotatable bonds is 7. The number of aromatic nitrogens is 1. The fourth-order valence-corrected chi connectivity index (χ4v) is 5.77. The minimum Gasteiger partial charge on any atom is -0.373 e. The van der Waals surface area contributed by atoms with Crippen LogP contribution in [-0.2, 0) is 14.4 Å². The lowest BCUT2D eigenvalue weighted by atomic mass is 9.71. The first-order valence-corrected chi connectivity index (χ1v) is 12.5. The largest absolute Gasteiger partial charge is 0.373 e. The summed E-state index contributed by atoms with van der Waals surface area (Å²) in [4.78, 5) is 44.2. The topological polar surface area (TPSA) is 127 Å². The van der Waals surface area contributed by atoms with Crippen molar-refractivity contribution in [2.45, 2.75) is 75.5 Å². The van der Waals surface area contributed by atoms with Gasteiger partial charge in [0, 0.05) is 31.1 Å². The van der Waals surface area contributed by atoms with E-state index in [4.69, 9.17) is 11.6 Å². The summed E-state index contributed by atoms with van der Waals surface area (Å²) in [5.41, 5.74) is 0.479. The predicted molar refractivity (Wildman–Crippen MR) is 127 cm³/mol. The molecule has 0 spiro atoms. The van der Waals surface area contributed by atoms with Gasteiger partial charge in [0.2, 0.25) is 17.7 Å². The van der Waals surface area contributed by atoms with Crippen LogP contribution < -0.4 is 16.0 Å². The van der Waals surface area contributed by atoms with Gasteiger partial charge in [0.05, 0.1) is 28.9 Å². The van der Waals surface area contributed by atoms with Crippen molar-refractivity contribution < 1.29 is 23.2 Å². The van der Waals surface area contributed by atoms with E-state index in [2.05, 4.69) is 20.9 Å². The fraction of sp³-hybridized carbons (Fsp3) is 0.625. The van der Waals surface area contributed by atoms with Crippen molar-refractivity contribution in [1.82, 2.24) is 20.5 Å². The number of carbonyl (C=O) groups excluding carboxylic acids is 3. The molecule has 0 aromatic carbocycles. The van der Waals surface area contributed by atoms with Gasteiger partial charge in [-0.15, -0.1) is 0 Å². The van der Waals surface area contributed by atoms with Gasteiger partial charge in [0.1, 0.15) is 18.1 Å². The van der Waals surface area contributed by atoms with Crippen LogP contribution in [0.3, 0.4) is 0 Å². The molecule has 3 saturated heterocycles. The van der Waals surface area contributed by atoms with Crippen molar-refractivity contribution in [2.24, 2.45) is 11.8 Å². The zero-order chi connectivity index (χ0) is 26.0. The summed E-state index contributed by atoms with van der Waals surface area (Å²) in [6.45, 7) is 2.14. The van der Waals surface area contributed by atoms with E-state index in [1.54, 1.807) is 13.0 Å². The van der Waals surface area contributed by atoms with Gasteiger partial charge >= 0.3 is 0 Å². The average molecular weight is 523 g/mol. The monoisotopic (exact) mass is 522 g/mol. The van der Waals surface area contributed by atoms with E-state index in [9.17, 15) is 28.4 Å². The number of halogens is 3. The number of fused-ring (bicyclic) bond motifs is 3. The number of nitriles is 1. The predicted octanol–water partition coefficient (Wildman–Crippen LogP) is 2.47. The second-order valence-electron chi connectivity index (χ2n) is 9.81. The molecule has 4 heterocycles. The van der Waals surface area contributed by atoms with Gasteiger partial charge in [-0.1, -0.05) is 11.6 Å². The molecule has 1 saturated carbocycles. The van der Waals surface area contributed by atoms with E-state index in [0.717, 1.165) is 6.42 Å². The highest BCUT2D eigenvalue weighted by atomic mass is 35.5. The number of hydrogen-bond donors (Lipinski definition) is 3. The molecule has 2 bridgehead atoms. The van der Waals surface area contributed by atoms with E-state index in [-0.39, 0.29) is 18.7 Å². The molecule has 194 valence electrons. The standard InChI is InChI=1S/C24H29ClF2N6O3/c1-13(31-17-8-15(25)11-29-12-17)23(36)33-18-4-5-19(24(26,27)9-18)20(33)22(35)32-16(10-28)7-14-3-2-6-30-21(14)34/h8,11-14,16,18-20,31H,2-7,9H2,1H3,(H,30,34)(H,32,35)/t13-,14-,16+,18+,19+,20-/m1/s1.